The maximum atomic E-state index is 13.1. The van der Waals surface area contributed by atoms with Crippen LogP contribution in [0.5, 0.6) is 5.75 Å². The van der Waals surface area contributed by atoms with Crippen LogP contribution < -0.4 is 15.0 Å². The second-order valence-electron chi connectivity index (χ2n) is 9.22. The van der Waals surface area contributed by atoms with Crippen LogP contribution in [0.1, 0.15) is 45.6 Å². The van der Waals surface area contributed by atoms with Gasteiger partial charge in [-0.25, -0.2) is 0 Å². The molecule has 1 aromatic rings. The molecule has 3 amide bonds. The summed E-state index contributed by atoms with van der Waals surface area (Å²) >= 11 is 0. The van der Waals surface area contributed by atoms with Gasteiger partial charge in [-0.2, -0.15) is 0 Å². The van der Waals surface area contributed by atoms with Crippen molar-refractivity contribution in [3.8, 4) is 5.75 Å². The Balaban J connectivity index is 1.58. The van der Waals surface area contributed by atoms with Crippen LogP contribution in [0.25, 0.3) is 0 Å². The fraction of sp³-hybridized carbons (Fsp3) is 0.625. The number of ether oxygens (including phenoxy) is 1. The molecule has 2 atom stereocenters. The first-order valence-electron chi connectivity index (χ1n) is 11.3. The summed E-state index contributed by atoms with van der Waals surface area (Å²) in [7, 11) is 1.58. The first kappa shape index (κ1) is 23.1. The first-order chi connectivity index (χ1) is 14.7. The number of amides is 3. The van der Waals surface area contributed by atoms with Crippen molar-refractivity contribution in [2.45, 2.75) is 53.0 Å². The monoisotopic (exact) mass is 429 g/mol. The summed E-state index contributed by atoms with van der Waals surface area (Å²) in [6.07, 6.45) is 1.54. The highest BCUT2D eigenvalue weighted by atomic mass is 16.5. The second-order valence-corrected chi connectivity index (χ2v) is 9.22. The minimum Gasteiger partial charge on any atom is -0.495 e. The molecule has 0 spiro atoms. The third-order valence-corrected chi connectivity index (χ3v) is 6.65. The molecular weight excluding hydrogens is 394 g/mol. The van der Waals surface area contributed by atoms with Crippen LogP contribution in [0.4, 0.5) is 5.69 Å². The van der Waals surface area contributed by atoms with Gasteiger partial charge in [0.1, 0.15) is 5.75 Å². The van der Waals surface area contributed by atoms with Gasteiger partial charge < -0.3 is 19.9 Å². The SMILES string of the molecule is COc1ccc(C)cc1N1CC(C(=O)N2CCC(C(=O)NC(C)C(C)C)CC2)CC1=O. The highest BCUT2D eigenvalue weighted by Crippen LogP contribution is 2.34. The second kappa shape index (κ2) is 9.71. The molecule has 0 aliphatic carbocycles. The maximum Gasteiger partial charge on any atom is 0.228 e. The Labute approximate surface area is 185 Å². The van der Waals surface area contributed by atoms with E-state index in [-0.39, 0.29) is 42.0 Å². The first-order valence-corrected chi connectivity index (χ1v) is 11.3. The number of carbonyl (C=O) groups is 3. The Morgan fingerprint density at radius 2 is 1.81 bits per heavy atom. The Morgan fingerprint density at radius 1 is 1.13 bits per heavy atom. The highest BCUT2D eigenvalue weighted by molar-refractivity contribution is 6.01. The van der Waals surface area contributed by atoms with Gasteiger partial charge in [0.05, 0.1) is 18.7 Å². The number of hydrogen-bond acceptors (Lipinski definition) is 4. The summed E-state index contributed by atoms with van der Waals surface area (Å²) in [5, 5.41) is 3.09. The van der Waals surface area contributed by atoms with E-state index < -0.39 is 0 Å². The predicted octanol–water partition coefficient (Wildman–Crippen LogP) is 2.76. The van der Waals surface area contributed by atoms with E-state index >= 15 is 0 Å². The number of aryl methyl sites for hydroxylation is 1. The summed E-state index contributed by atoms with van der Waals surface area (Å²) < 4.78 is 5.42. The lowest BCUT2D eigenvalue weighted by Gasteiger charge is -2.33. The number of carbonyl (C=O) groups excluding carboxylic acids is 3. The standard InChI is InChI=1S/C24H35N3O4/c1-15(2)17(4)25-23(29)18-8-10-26(11-9-18)24(30)19-13-22(28)27(14-19)20-12-16(3)6-7-21(20)31-5/h6-7,12,15,17-19H,8-11,13-14H2,1-5H3,(H,25,29). The fourth-order valence-corrected chi connectivity index (χ4v) is 4.25. The number of nitrogens with one attached hydrogen (secondary N) is 1. The Morgan fingerprint density at radius 3 is 2.42 bits per heavy atom. The van der Waals surface area contributed by atoms with Crippen LogP contribution in [-0.4, -0.2) is 55.4 Å². The molecule has 170 valence electrons. The van der Waals surface area contributed by atoms with E-state index in [2.05, 4.69) is 19.2 Å². The van der Waals surface area contributed by atoms with Crippen molar-refractivity contribution in [1.82, 2.24) is 10.2 Å². The van der Waals surface area contributed by atoms with Crippen molar-refractivity contribution in [3.63, 3.8) is 0 Å². The van der Waals surface area contributed by atoms with Gasteiger partial charge in [-0.15, -0.1) is 0 Å². The van der Waals surface area contributed by atoms with Gasteiger partial charge in [0, 0.05) is 38.0 Å². The number of piperidine rings is 1. The zero-order valence-electron chi connectivity index (χ0n) is 19.3. The minimum absolute atomic E-state index is 0.0110. The summed E-state index contributed by atoms with van der Waals surface area (Å²) in [4.78, 5) is 41.8. The smallest absolute Gasteiger partial charge is 0.228 e. The lowest BCUT2D eigenvalue weighted by atomic mass is 9.93. The van der Waals surface area contributed by atoms with Crippen molar-refractivity contribution in [2.24, 2.45) is 17.8 Å². The summed E-state index contributed by atoms with van der Waals surface area (Å²) in [5.41, 5.74) is 1.75. The van der Waals surface area contributed by atoms with Crippen LogP contribution in [0, 0.1) is 24.7 Å². The van der Waals surface area contributed by atoms with Crippen LogP contribution in [0.2, 0.25) is 0 Å². The number of hydrogen-bond donors (Lipinski definition) is 1. The molecule has 1 N–H and O–H groups in total. The number of rotatable bonds is 6. The third kappa shape index (κ3) is 5.20. The van der Waals surface area contributed by atoms with E-state index in [4.69, 9.17) is 4.74 Å². The normalized spacial score (nSPS) is 20.8. The number of anilines is 1. The molecule has 2 aliphatic heterocycles. The molecule has 7 heteroatoms. The van der Waals surface area contributed by atoms with E-state index in [1.807, 2.05) is 36.9 Å². The molecular formula is C24H35N3O4. The highest BCUT2D eigenvalue weighted by Gasteiger charge is 2.39. The molecule has 2 unspecified atom stereocenters. The molecule has 0 saturated carbocycles. The molecule has 31 heavy (non-hydrogen) atoms. The topological polar surface area (TPSA) is 79.0 Å². The van der Waals surface area contributed by atoms with E-state index in [1.165, 1.54) is 0 Å². The number of nitrogens with zero attached hydrogens (tertiary/aromatic N) is 2. The molecule has 0 aromatic heterocycles. The molecule has 3 rings (SSSR count). The van der Waals surface area contributed by atoms with Crippen LogP contribution in [-0.2, 0) is 14.4 Å². The zero-order chi connectivity index (χ0) is 22.7. The summed E-state index contributed by atoms with van der Waals surface area (Å²) in [6, 6.07) is 5.85. The van der Waals surface area contributed by atoms with Gasteiger partial charge in [0.15, 0.2) is 0 Å². The Kier molecular flexibility index (Phi) is 7.23. The average Bonchev–Trinajstić information content (AvgIpc) is 3.14. The Bertz CT molecular complexity index is 830. The van der Waals surface area contributed by atoms with Crippen molar-refractivity contribution in [2.75, 3.05) is 31.6 Å². The van der Waals surface area contributed by atoms with Gasteiger partial charge in [-0.1, -0.05) is 19.9 Å². The van der Waals surface area contributed by atoms with Gasteiger partial charge in [-0.05, 0) is 50.3 Å². The molecule has 0 bridgehead atoms. The number of methoxy groups -OCH3 is 1. The molecule has 0 radical (unpaired) electrons. The quantitative estimate of drug-likeness (QED) is 0.754. The van der Waals surface area contributed by atoms with Crippen LogP contribution >= 0.6 is 0 Å². The molecule has 2 heterocycles. The summed E-state index contributed by atoms with van der Waals surface area (Å²) in [5.74, 6) is 0.653. The minimum atomic E-state index is -0.357. The van der Waals surface area contributed by atoms with E-state index in [1.54, 1.807) is 12.0 Å². The van der Waals surface area contributed by atoms with Crippen molar-refractivity contribution in [1.29, 1.82) is 0 Å². The van der Waals surface area contributed by atoms with Gasteiger partial charge >= 0.3 is 0 Å². The lowest BCUT2D eigenvalue weighted by molar-refractivity contribution is -0.139. The molecule has 1 aromatic carbocycles. The Hall–Kier alpha value is -2.57. The molecule has 7 nitrogen and oxygen atoms in total. The van der Waals surface area contributed by atoms with Crippen molar-refractivity contribution >= 4 is 23.4 Å². The third-order valence-electron chi connectivity index (χ3n) is 6.65. The summed E-state index contributed by atoms with van der Waals surface area (Å²) in [6.45, 7) is 9.65. The lowest BCUT2D eigenvalue weighted by Crippen LogP contribution is -2.47. The van der Waals surface area contributed by atoms with Crippen molar-refractivity contribution in [3.05, 3.63) is 23.8 Å². The molecule has 2 fully saturated rings. The van der Waals surface area contributed by atoms with Gasteiger partial charge in [-0.3, -0.25) is 14.4 Å². The van der Waals surface area contributed by atoms with Crippen LogP contribution in [0.3, 0.4) is 0 Å². The molecule has 2 saturated heterocycles. The largest absolute Gasteiger partial charge is 0.495 e. The van der Waals surface area contributed by atoms with Gasteiger partial charge in [0.2, 0.25) is 17.7 Å². The van der Waals surface area contributed by atoms with E-state index in [0.717, 1.165) is 11.3 Å². The average molecular weight is 430 g/mol. The zero-order valence-corrected chi connectivity index (χ0v) is 19.3. The fourth-order valence-electron chi connectivity index (χ4n) is 4.25. The molecule has 2 aliphatic rings. The predicted molar refractivity (Wildman–Crippen MR) is 120 cm³/mol. The van der Waals surface area contributed by atoms with E-state index in [9.17, 15) is 14.4 Å². The van der Waals surface area contributed by atoms with E-state index in [0.29, 0.717) is 44.1 Å². The van der Waals surface area contributed by atoms with Gasteiger partial charge in [0.25, 0.3) is 0 Å². The van der Waals surface area contributed by atoms with Crippen LogP contribution in [0.15, 0.2) is 18.2 Å². The van der Waals surface area contributed by atoms with Crippen molar-refractivity contribution < 1.29 is 19.1 Å². The maximum absolute atomic E-state index is 13.1. The number of likely N-dealkylation sites (tertiary alicyclic amines) is 1. The number of benzene rings is 1.